The molecule has 100 valence electrons. The highest BCUT2D eigenvalue weighted by Gasteiger charge is 2.41. The Hall–Kier alpha value is -0.970. The van der Waals surface area contributed by atoms with Crippen molar-refractivity contribution in [2.75, 3.05) is 6.54 Å². The highest BCUT2D eigenvalue weighted by Crippen LogP contribution is 2.50. The molecule has 18 heavy (non-hydrogen) atoms. The largest absolute Gasteiger partial charge is 0.310 e. The predicted molar refractivity (Wildman–Crippen MR) is 68.8 cm³/mol. The van der Waals surface area contributed by atoms with Crippen LogP contribution < -0.4 is 5.32 Å². The molecular weight excluding hydrogens is 226 g/mol. The Morgan fingerprint density at radius 2 is 2.22 bits per heavy atom. The lowest BCUT2D eigenvalue weighted by molar-refractivity contribution is 0.293. The number of tetrazole rings is 1. The van der Waals surface area contributed by atoms with Crippen LogP contribution in [0.25, 0.3) is 0 Å². The van der Waals surface area contributed by atoms with Gasteiger partial charge in [-0.15, -0.1) is 5.10 Å². The minimum Gasteiger partial charge on any atom is -0.310 e. The molecule has 3 unspecified atom stereocenters. The van der Waals surface area contributed by atoms with E-state index < -0.39 is 0 Å². The molecule has 0 amide bonds. The van der Waals surface area contributed by atoms with Crippen molar-refractivity contribution in [3.63, 3.8) is 0 Å². The number of nitrogens with zero attached hydrogens (tertiary/aromatic N) is 4. The molecule has 0 aromatic carbocycles. The van der Waals surface area contributed by atoms with Crippen LogP contribution in [0.4, 0.5) is 0 Å². The first-order chi connectivity index (χ1) is 8.74. The van der Waals surface area contributed by atoms with E-state index in [1.165, 1.54) is 25.7 Å². The Kier molecular flexibility index (Phi) is 3.33. The van der Waals surface area contributed by atoms with Gasteiger partial charge in [0.15, 0.2) is 5.82 Å². The molecule has 5 nitrogen and oxygen atoms in total. The number of nitrogens with one attached hydrogen (secondary N) is 1. The summed E-state index contributed by atoms with van der Waals surface area (Å²) in [6.45, 7) is 6.24. The number of hydrogen-bond acceptors (Lipinski definition) is 4. The van der Waals surface area contributed by atoms with Crippen LogP contribution in [0.3, 0.4) is 0 Å². The molecule has 2 aliphatic rings. The fourth-order valence-corrected chi connectivity index (χ4v) is 3.57. The van der Waals surface area contributed by atoms with Crippen LogP contribution in [0.15, 0.2) is 0 Å². The van der Waals surface area contributed by atoms with Crippen LogP contribution in [-0.4, -0.2) is 26.8 Å². The van der Waals surface area contributed by atoms with Gasteiger partial charge in [0.2, 0.25) is 0 Å². The average Bonchev–Trinajstić information content (AvgIpc) is 3.03. The highest BCUT2D eigenvalue weighted by molar-refractivity contribution is 4.96. The van der Waals surface area contributed by atoms with Gasteiger partial charge in [0, 0.05) is 0 Å². The Morgan fingerprint density at radius 1 is 1.33 bits per heavy atom. The first kappa shape index (κ1) is 12.1. The van der Waals surface area contributed by atoms with Crippen LogP contribution in [-0.2, 0) is 6.54 Å². The van der Waals surface area contributed by atoms with Gasteiger partial charge in [-0.05, 0) is 54.0 Å². The van der Waals surface area contributed by atoms with Gasteiger partial charge in [-0.2, -0.15) is 0 Å². The van der Waals surface area contributed by atoms with E-state index in [1.54, 1.807) is 0 Å². The van der Waals surface area contributed by atoms with E-state index >= 15 is 0 Å². The maximum Gasteiger partial charge on any atom is 0.165 e. The summed E-state index contributed by atoms with van der Waals surface area (Å²) in [4.78, 5) is 0. The lowest BCUT2D eigenvalue weighted by Crippen LogP contribution is -2.25. The van der Waals surface area contributed by atoms with E-state index in [4.69, 9.17) is 0 Å². The summed E-state index contributed by atoms with van der Waals surface area (Å²) in [6, 6.07) is 0.564. The summed E-state index contributed by atoms with van der Waals surface area (Å²) in [5.74, 6) is 3.42. The van der Waals surface area contributed by atoms with E-state index in [2.05, 4.69) is 39.4 Å². The molecule has 2 saturated carbocycles. The minimum absolute atomic E-state index is 0.564. The van der Waals surface area contributed by atoms with Gasteiger partial charge in [0.1, 0.15) is 0 Å². The van der Waals surface area contributed by atoms with Gasteiger partial charge < -0.3 is 5.32 Å². The molecule has 3 rings (SSSR count). The summed E-state index contributed by atoms with van der Waals surface area (Å²) < 4.78 is 2.09. The molecule has 1 heterocycles. The Labute approximate surface area is 108 Å². The molecule has 2 fully saturated rings. The van der Waals surface area contributed by atoms with Crippen LogP contribution in [0.1, 0.15) is 51.4 Å². The van der Waals surface area contributed by atoms with Gasteiger partial charge in [0.25, 0.3) is 0 Å². The topological polar surface area (TPSA) is 55.6 Å². The zero-order valence-electron chi connectivity index (χ0n) is 11.3. The van der Waals surface area contributed by atoms with E-state index in [0.29, 0.717) is 12.0 Å². The monoisotopic (exact) mass is 249 g/mol. The molecule has 1 aromatic rings. The summed E-state index contributed by atoms with van der Waals surface area (Å²) in [7, 11) is 0. The van der Waals surface area contributed by atoms with Crippen LogP contribution in [0.5, 0.6) is 0 Å². The van der Waals surface area contributed by atoms with Gasteiger partial charge >= 0.3 is 0 Å². The minimum atomic E-state index is 0.564. The second-order valence-electron chi connectivity index (χ2n) is 6.31. The molecule has 0 spiro atoms. The number of aromatic nitrogens is 4. The van der Waals surface area contributed by atoms with E-state index in [9.17, 15) is 0 Å². The lowest BCUT2D eigenvalue weighted by atomic mass is 9.95. The van der Waals surface area contributed by atoms with Gasteiger partial charge in [-0.1, -0.05) is 20.3 Å². The Morgan fingerprint density at radius 3 is 2.89 bits per heavy atom. The van der Waals surface area contributed by atoms with Gasteiger partial charge in [-0.25, -0.2) is 4.68 Å². The molecule has 0 radical (unpaired) electrons. The lowest BCUT2D eigenvalue weighted by Gasteiger charge is -2.22. The third kappa shape index (κ3) is 2.28. The molecular formula is C13H23N5. The van der Waals surface area contributed by atoms with Crippen molar-refractivity contribution in [3.8, 4) is 0 Å². The SMILES string of the molecule is CC(C)CNCc1nnnn1C1CC2CCC1C2. The van der Waals surface area contributed by atoms with Crippen molar-refractivity contribution in [3.05, 3.63) is 5.82 Å². The fraction of sp³-hybridized carbons (Fsp3) is 0.923. The summed E-state index contributed by atoms with van der Waals surface area (Å²) in [6.07, 6.45) is 5.47. The summed E-state index contributed by atoms with van der Waals surface area (Å²) >= 11 is 0. The van der Waals surface area contributed by atoms with Gasteiger partial charge in [0.05, 0.1) is 12.6 Å². The van der Waals surface area contributed by atoms with Crippen molar-refractivity contribution in [1.82, 2.24) is 25.5 Å². The van der Waals surface area contributed by atoms with Crippen molar-refractivity contribution in [1.29, 1.82) is 0 Å². The first-order valence-corrected chi connectivity index (χ1v) is 7.21. The maximum atomic E-state index is 4.23. The average molecular weight is 249 g/mol. The molecule has 5 heteroatoms. The number of fused-ring (bicyclic) bond motifs is 2. The quantitative estimate of drug-likeness (QED) is 0.864. The molecule has 3 atom stereocenters. The van der Waals surface area contributed by atoms with Crippen LogP contribution in [0, 0.1) is 17.8 Å². The van der Waals surface area contributed by atoms with Crippen LogP contribution >= 0.6 is 0 Å². The molecule has 2 bridgehead atoms. The summed E-state index contributed by atoms with van der Waals surface area (Å²) in [5, 5.41) is 15.7. The highest BCUT2D eigenvalue weighted by atomic mass is 15.6. The Balaban J connectivity index is 1.64. The first-order valence-electron chi connectivity index (χ1n) is 7.21. The number of hydrogen-bond donors (Lipinski definition) is 1. The zero-order valence-corrected chi connectivity index (χ0v) is 11.3. The standard InChI is InChI=1S/C13H23N5/c1-9(2)7-14-8-13-15-16-17-18(13)12-6-10-3-4-11(12)5-10/h9-12,14H,3-8H2,1-2H3. The maximum absolute atomic E-state index is 4.23. The molecule has 1 aromatic heterocycles. The second-order valence-corrected chi connectivity index (χ2v) is 6.31. The van der Waals surface area contributed by atoms with E-state index in [-0.39, 0.29) is 0 Å². The van der Waals surface area contributed by atoms with Crippen molar-refractivity contribution in [2.24, 2.45) is 17.8 Å². The van der Waals surface area contributed by atoms with Crippen LogP contribution in [0.2, 0.25) is 0 Å². The fourth-order valence-electron chi connectivity index (χ4n) is 3.57. The van der Waals surface area contributed by atoms with Crippen molar-refractivity contribution in [2.45, 2.75) is 52.1 Å². The molecule has 2 aliphatic carbocycles. The second kappa shape index (κ2) is 4.96. The van der Waals surface area contributed by atoms with E-state index in [0.717, 1.165) is 30.7 Å². The summed E-state index contributed by atoms with van der Waals surface area (Å²) in [5.41, 5.74) is 0. The smallest absolute Gasteiger partial charge is 0.165 e. The Bertz CT molecular complexity index is 400. The van der Waals surface area contributed by atoms with E-state index in [1.807, 2.05) is 0 Å². The zero-order chi connectivity index (χ0) is 12.5. The predicted octanol–water partition coefficient (Wildman–Crippen LogP) is 1.78. The number of rotatable bonds is 5. The third-order valence-electron chi connectivity index (χ3n) is 4.41. The van der Waals surface area contributed by atoms with Gasteiger partial charge in [-0.3, -0.25) is 0 Å². The molecule has 0 saturated heterocycles. The van der Waals surface area contributed by atoms with Crippen molar-refractivity contribution >= 4 is 0 Å². The van der Waals surface area contributed by atoms with Crippen molar-refractivity contribution < 1.29 is 0 Å². The third-order valence-corrected chi connectivity index (χ3v) is 4.41. The normalized spacial score (nSPS) is 30.5. The molecule has 0 aliphatic heterocycles. The molecule has 1 N–H and O–H groups in total.